The van der Waals surface area contributed by atoms with E-state index in [1.807, 2.05) is 0 Å². The molecule has 3 aromatic carbocycles. The molecule has 0 fully saturated rings. The second-order valence-corrected chi connectivity index (χ2v) is 8.68. The number of alkyl halides is 3. The summed E-state index contributed by atoms with van der Waals surface area (Å²) < 4.78 is 73.3. The van der Waals surface area contributed by atoms with E-state index in [9.17, 15) is 21.6 Å². The van der Waals surface area contributed by atoms with E-state index in [1.54, 1.807) is 60.7 Å². The summed E-state index contributed by atoms with van der Waals surface area (Å²) in [6.45, 7) is 7.67. The maximum absolute atomic E-state index is 13.7. The quantitative estimate of drug-likeness (QED) is 0.467. The van der Waals surface area contributed by atoms with Gasteiger partial charge in [-0.1, -0.05) is 66.7 Å². The molecule has 0 bridgehead atoms. The topological polar surface area (TPSA) is 47.7 Å². The summed E-state index contributed by atoms with van der Waals surface area (Å²) in [5.74, 6) is -1.46. The summed E-state index contributed by atoms with van der Waals surface area (Å²) in [6.07, 6.45) is -4.95. The fraction of sp³-hybridized carbons (Fsp3) is 0.174. The molecule has 0 spiro atoms. The average molecular weight is 445 g/mol. The molecule has 0 amide bonds. The highest BCUT2D eigenvalue weighted by Crippen LogP contribution is 2.43. The number of nitrogens with zero attached hydrogens (tertiary/aromatic N) is 1. The molecule has 0 aromatic heterocycles. The van der Waals surface area contributed by atoms with E-state index in [2.05, 4.69) is 4.85 Å². The first-order chi connectivity index (χ1) is 14.7. The zero-order chi connectivity index (χ0) is 22.6. The van der Waals surface area contributed by atoms with E-state index in [4.69, 9.17) is 11.3 Å². The van der Waals surface area contributed by atoms with E-state index in [-0.39, 0.29) is 0 Å². The van der Waals surface area contributed by atoms with Crippen molar-refractivity contribution in [2.75, 3.05) is 7.11 Å². The molecular formula is C23H18F3NO3S. The van der Waals surface area contributed by atoms with Gasteiger partial charge in [0.05, 0.1) is 12.7 Å². The highest BCUT2D eigenvalue weighted by molar-refractivity contribution is 7.92. The third kappa shape index (κ3) is 4.42. The molecule has 0 radical (unpaired) electrons. The van der Waals surface area contributed by atoms with Crippen LogP contribution in [0.15, 0.2) is 83.8 Å². The van der Waals surface area contributed by atoms with Crippen molar-refractivity contribution in [2.45, 2.75) is 22.4 Å². The largest absolute Gasteiger partial charge is 0.495 e. The fourth-order valence-electron chi connectivity index (χ4n) is 3.48. The second kappa shape index (κ2) is 8.82. The second-order valence-electron chi connectivity index (χ2n) is 6.70. The van der Waals surface area contributed by atoms with Crippen molar-refractivity contribution in [3.63, 3.8) is 0 Å². The molecule has 0 aliphatic heterocycles. The third-order valence-corrected chi connectivity index (χ3v) is 6.84. The number of ether oxygens (including phenoxy) is 1. The maximum Gasteiger partial charge on any atom is 0.417 e. The number of halogens is 3. The highest BCUT2D eigenvalue weighted by Gasteiger charge is 2.48. The van der Waals surface area contributed by atoms with Crippen molar-refractivity contribution in [1.29, 1.82) is 0 Å². The molecule has 0 N–H and O–H groups in total. The van der Waals surface area contributed by atoms with Gasteiger partial charge in [-0.2, -0.15) is 13.2 Å². The number of benzene rings is 3. The molecule has 0 aliphatic carbocycles. The molecular weight excluding hydrogens is 427 g/mol. The van der Waals surface area contributed by atoms with E-state index in [1.165, 1.54) is 0 Å². The van der Waals surface area contributed by atoms with Crippen LogP contribution in [-0.2, 0) is 16.0 Å². The van der Waals surface area contributed by atoms with Crippen molar-refractivity contribution in [3.8, 4) is 5.75 Å². The molecule has 4 nitrogen and oxygen atoms in total. The minimum atomic E-state index is -4.95. The Morgan fingerprint density at radius 1 is 0.871 bits per heavy atom. The van der Waals surface area contributed by atoms with Gasteiger partial charge in [-0.25, -0.2) is 15.0 Å². The summed E-state index contributed by atoms with van der Waals surface area (Å²) in [5.41, 5.74) is -0.358. The van der Waals surface area contributed by atoms with Crippen LogP contribution in [0, 0.1) is 6.57 Å². The molecule has 160 valence electrons. The minimum absolute atomic E-state index is 0.455. The normalized spacial score (nSPS) is 12.9. The van der Waals surface area contributed by atoms with Gasteiger partial charge in [0, 0.05) is 0 Å². The zero-order valence-corrected chi connectivity index (χ0v) is 17.2. The molecule has 1 atom stereocenters. The van der Waals surface area contributed by atoms with E-state index >= 15 is 0 Å². The molecule has 1 unspecified atom stereocenters. The summed E-state index contributed by atoms with van der Waals surface area (Å²) >= 11 is 0. The zero-order valence-electron chi connectivity index (χ0n) is 16.4. The van der Waals surface area contributed by atoms with Crippen molar-refractivity contribution < 1.29 is 26.3 Å². The molecule has 31 heavy (non-hydrogen) atoms. The monoisotopic (exact) mass is 445 g/mol. The van der Waals surface area contributed by atoms with Crippen LogP contribution in [0.2, 0.25) is 0 Å². The van der Waals surface area contributed by atoms with Gasteiger partial charge in [-0.3, -0.25) is 4.85 Å². The molecule has 0 aliphatic rings. The number of methoxy groups -OCH3 is 1. The standard InChI is InChI=1S/C23H18F3NO3S/c1-27-22(20(16-10-5-3-6-11-16)17-12-7-4-8-13-17)31(28,29)21-18(23(24,25)26)14-9-15-19(21)30-2/h3-15,20,22H,2H3. The molecule has 0 saturated heterocycles. The lowest BCUT2D eigenvalue weighted by Crippen LogP contribution is -2.29. The lowest BCUT2D eigenvalue weighted by Gasteiger charge is -2.22. The van der Waals surface area contributed by atoms with Crippen LogP contribution >= 0.6 is 0 Å². The van der Waals surface area contributed by atoms with E-state index < -0.39 is 43.5 Å². The third-order valence-electron chi connectivity index (χ3n) is 4.84. The van der Waals surface area contributed by atoms with Gasteiger partial charge in [0.15, 0.2) is 0 Å². The van der Waals surface area contributed by atoms with Crippen molar-refractivity contribution in [2.24, 2.45) is 0 Å². The van der Waals surface area contributed by atoms with Gasteiger partial charge in [0.25, 0.3) is 9.84 Å². The first-order valence-corrected chi connectivity index (χ1v) is 10.7. The summed E-state index contributed by atoms with van der Waals surface area (Å²) in [5, 5.41) is -1.84. The Morgan fingerprint density at radius 2 is 1.39 bits per heavy atom. The fourth-order valence-corrected chi connectivity index (χ4v) is 5.45. The predicted molar refractivity (Wildman–Crippen MR) is 110 cm³/mol. The molecule has 3 rings (SSSR count). The van der Waals surface area contributed by atoms with Crippen LogP contribution in [0.1, 0.15) is 22.6 Å². The van der Waals surface area contributed by atoms with Crippen molar-refractivity contribution >= 4 is 9.84 Å². The molecule has 3 aromatic rings. The highest BCUT2D eigenvalue weighted by atomic mass is 32.2. The van der Waals surface area contributed by atoms with Crippen LogP contribution in [-0.4, -0.2) is 20.9 Å². The van der Waals surface area contributed by atoms with Crippen molar-refractivity contribution in [1.82, 2.24) is 0 Å². The Labute approximate surface area is 178 Å². The Kier molecular flexibility index (Phi) is 6.37. The SMILES string of the molecule is [C-]#[N+]C(C(c1ccccc1)c1ccccc1)S(=O)(=O)c1c(OC)cccc1C(F)(F)F. The van der Waals surface area contributed by atoms with Crippen LogP contribution in [0.4, 0.5) is 13.2 Å². The van der Waals surface area contributed by atoms with E-state index in [0.29, 0.717) is 17.2 Å². The van der Waals surface area contributed by atoms with Gasteiger partial charge in [-0.15, -0.1) is 0 Å². The first-order valence-electron chi connectivity index (χ1n) is 9.16. The summed E-state index contributed by atoms with van der Waals surface area (Å²) in [4.78, 5) is 2.30. The summed E-state index contributed by atoms with van der Waals surface area (Å²) in [7, 11) is -3.71. The Bertz CT molecular complexity index is 1150. The van der Waals surface area contributed by atoms with Crippen molar-refractivity contribution in [3.05, 3.63) is 107 Å². The van der Waals surface area contributed by atoms with Crippen LogP contribution in [0.5, 0.6) is 5.75 Å². The number of sulfone groups is 1. The first kappa shape index (κ1) is 22.4. The lowest BCUT2D eigenvalue weighted by molar-refractivity contribution is -0.140. The van der Waals surface area contributed by atoms with Crippen LogP contribution in [0.3, 0.4) is 0 Å². The van der Waals surface area contributed by atoms with Gasteiger partial charge in [0.1, 0.15) is 16.6 Å². The lowest BCUT2D eigenvalue weighted by atomic mass is 9.91. The summed E-state index contributed by atoms with van der Waals surface area (Å²) in [6, 6.07) is 19.7. The Balaban J connectivity index is 2.29. The molecule has 0 saturated carbocycles. The van der Waals surface area contributed by atoms with E-state index in [0.717, 1.165) is 19.2 Å². The smallest absolute Gasteiger partial charge is 0.417 e. The minimum Gasteiger partial charge on any atom is -0.495 e. The van der Waals surface area contributed by atoms with Gasteiger partial charge >= 0.3 is 11.6 Å². The number of hydrogen-bond donors (Lipinski definition) is 0. The average Bonchev–Trinajstić information content (AvgIpc) is 2.77. The molecule has 0 heterocycles. The number of rotatable bonds is 6. The molecule has 8 heteroatoms. The van der Waals surface area contributed by atoms with Gasteiger partial charge < -0.3 is 4.74 Å². The van der Waals surface area contributed by atoms with Crippen LogP contribution in [0.25, 0.3) is 4.85 Å². The van der Waals surface area contributed by atoms with Gasteiger partial charge in [-0.05, 0) is 23.3 Å². The maximum atomic E-state index is 13.7. The number of hydrogen-bond acceptors (Lipinski definition) is 3. The van der Waals surface area contributed by atoms with Crippen LogP contribution < -0.4 is 4.74 Å². The predicted octanol–water partition coefficient (Wildman–Crippen LogP) is 5.57. The van der Waals surface area contributed by atoms with Gasteiger partial charge in [0.2, 0.25) is 0 Å². The Hall–Kier alpha value is -3.31. The Morgan fingerprint density at radius 3 is 1.81 bits per heavy atom.